The summed E-state index contributed by atoms with van der Waals surface area (Å²) in [6.45, 7) is 0. The number of hydrogen-bond acceptors (Lipinski definition) is 3. The molecule has 104 valence electrons. The van der Waals surface area contributed by atoms with Gasteiger partial charge in [0.1, 0.15) is 5.82 Å². The summed E-state index contributed by atoms with van der Waals surface area (Å²) < 4.78 is 14.2. The summed E-state index contributed by atoms with van der Waals surface area (Å²) in [5, 5.41) is 2.73. The minimum atomic E-state index is -0.601. The molecule has 0 bridgehead atoms. The van der Waals surface area contributed by atoms with E-state index < -0.39 is 11.7 Å². The number of amides is 1. The topological polar surface area (TPSA) is 68.0 Å². The summed E-state index contributed by atoms with van der Waals surface area (Å²) in [5.74, 6) is -1.08. The Morgan fingerprint density at radius 3 is 2.75 bits per heavy atom. The second-order valence-electron chi connectivity index (χ2n) is 3.80. The molecule has 1 aromatic heterocycles. The molecule has 0 atom stereocenters. The van der Waals surface area contributed by atoms with Crippen LogP contribution in [0.2, 0.25) is 5.15 Å². The van der Waals surface area contributed by atoms with E-state index >= 15 is 0 Å². The molecule has 3 N–H and O–H groups in total. The molecular formula is C12H7Br2ClFN3O. The van der Waals surface area contributed by atoms with E-state index in [0.29, 0.717) is 14.6 Å². The fraction of sp³-hybridized carbons (Fsp3) is 0. The van der Waals surface area contributed by atoms with Crippen molar-refractivity contribution < 1.29 is 9.18 Å². The van der Waals surface area contributed by atoms with Crippen LogP contribution in [0.1, 0.15) is 10.4 Å². The van der Waals surface area contributed by atoms with Crippen LogP contribution < -0.4 is 11.1 Å². The Bertz CT molecular complexity index is 697. The van der Waals surface area contributed by atoms with Crippen LogP contribution in [0.25, 0.3) is 0 Å². The number of anilines is 2. The van der Waals surface area contributed by atoms with Crippen molar-refractivity contribution >= 4 is 60.7 Å². The molecule has 2 aromatic rings. The number of aromatic nitrogens is 1. The van der Waals surface area contributed by atoms with Crippen LogP contribution in [0, 0.1) is 5.82 Å². The van der Waals surface area contributed by atoms with E-state index in [1.165, 1.54) is 12.3 Å². The number of carbonyl (C=O) groups is 1. The van der Waals surface area contributed by atoms with E-state index in [-0.39, 0.29) is 16.4 Å². The van der Waals surface area contributed by atoms with Crippen LogP contribution in [-0.2, 0) is 0 Å². The third-order valence-corrected chi connectivity index (χ3v) is 3.78. The Labute approximate surface area is 135 Å². The molecule has 0 aliphatic heterocycles. The van der Waals surface area contributed by atoms with Gasteiger partial charge in [-0.3, -0.25) is 4.79 Å². The molecule has 0 aliphatic rings. The lowest BCUT2D eigenvalue weighted by molar-refractivity contribution is 0.102. The van der Waals surface area contributed by atoms with Gasteiger partial charge in [0, 0.05) is 15.1 Å². The minimum absolute atomic E-state index is 0.114. The van der Waals surface area contributed by atoms with Crippen molar-refractivity contribution in [2.24, 2.45) is 0 Å². The first-order chi connectivity index (χ1) is 9.38. The summed E-state index contributed by atoms with van der Waals surface area (Å²) in [4.78, 5) is 16.0. The number of nitrogens with zero attached hydrogens (tertiary/aromatic N) is 1. The van der Waals surface area contributed by atoms with Crippen LogP contribution in [0.4, 0.5) is 15.8 Å². The zero-order chi connectivity index (χ0) is 14.9. The maximum Gasteiger partial charge on any atom is 0.256 e. The summed E-state index contributed by atoms with van der Waals surface area (Å²) >= 11 is 12.2. The van der Waals surface area contributed by atoms with Crippen LogP contribution in [0.15, 0.2) is 33.3 Å². The highest BCUT2D eigenvalue weighted by molar-refractivity contribution is 9.10. The van der Waals surface area contributed by atoms with E-state index in [1.54, 1.807) is 6.07 Å². The lowest BCUT2D eigenvalue weighted by Crippen LogP contribution is -2.14. The van der Waals surface area contributed by atoms with Crippen molar-refractivity contribution in [3.05, 3.63) is 49.9 Å². The Hall–Kier alpha value is -1.18. The first kappa shape index (κ1) is 15.2. The quantitative estimate of drug-likeness (QED) is 0.561. The Morgan fingerprint density at radius 1 is 1.35 bits per heavy atom. The molecule has 0 aliphatic carbocycles. The summed E-state index contributed by atoms with van der Waals surface area (Å²) in [6, 6.07) is 3.98. The van der Waals surface area contributed by atoms with Gasteiger partial charge in [-0.15, -0.1) is 0 Å². The number of nitrogens with one attached hydrogen (secondary N) is 1. The van der Waals surface area contributed by atoms with E-state index in [1.807, 2.05) is 0 Å². The molecule has 1 aromatic carbocycles. The van der Waals surface area contributed by atoms with Crippen molar-refractivity contribution in [2.75, 3.05) is 11.1 Å². The lowest BCUT2D eigenvalue weighted by atomic mass is 10.2. The van der Waals surface area contributed by atoms with Gasteiger partial charge in [-0.2, -0.15) is 0 Å². The van der Waals surface area contributed by atoms with Crippen molar-refractivity contribution in [2.45, 2.75) is 0 Å². The predicted octanol–water partition coefficient (Wildman–Crippen LogP) is 4.23. The maximum absolute atomic E-state index is 13.2. The Morgan fingerprint density at radius 2 is 2.05 bits per heavy atom. The average molecular weight is 423 g/mol. The normalized spacial score (nSPS) is 10.4. The molecule has 4 nitrogen and oxygen atoms in total. The average Bonchev–Trinajstić information content (AvgIpc) is 2.38. The molecule has 1 heterocycles. The molecule has 8 heteroatoms. The van der Waals surface area contributed by atoms with Gasteiger partial charge in [-0.05, 0) is 50.1 Å². The van der Waals surface area contributed by atoms with Gasteiger partial charge in [0.05, 0.1) is 16.9 Å². The number of benzene rings is 1. The van der Waals surface area contributed by atoms with Crippen LogP contribution in [-0.4, -0.2) is 10.9 Å². The van der Waals surface area contributed by atoms with Gasteiger partial charge in [0.25, 0.3) is 5.91 Å². The molecular weight excluding hydrogens is 416 g/mol. The number of hydrogen-bond donors (Lipinski definition) is 2. The number of nitrogens with two attached hydrogens (primary N) is 1. The number of rotatable bonds is 2. The lowest BCUT2D eigenvalue weighted by Gasteiger charge is -2.09. The van der Waals surface area contributed by atoms with Gasteiger partial charge in [0.15, 0.2) is 5.15 Å². The van der Waals surface area contributed by atoms with Gasteiger partial charge in [-0.25, -0.2) is 9.37 Å². The number of halogens is 4. The zero-order valence-corrected chi connectivity index (χ0v) is 13.7. The van der Waals surface area contributed by atoms with Crippen molar-refractivity contribution in [3.8, 4) is 0 Å². The van der Waals surface area contributed by atoms with Crippen LogP contribution in [0.3, 0.4) is 0 Å². The van der Waals surface area contributed by atoms with Gasteiger partial charge in [-0.1, -0.05) is 11.6 Å². The monoisotopic (exact) mass is 421 g/mol. The first-order valence-corrected chi connectivity index (χ1v) is 7.22. The van der Waals surface area contributed by atoms with E-state index in [2.05, 4.69) is 42.2 Å². The minimum Gasteiger partial charge on any atom is -0.396 e. The molecule has 20 heavy (non-hydrogen) atoms. The molecule has 2 rings (SSSR count). The molecule has 0 unspecified atom stereocenters. The number of pyridine rings is 1. The smallest absolute Gasteiger partial charge is 0.256 e. The van der Waals surface area contributed by atoms with Crippen LogP contribution >= 0.6 is 43.5 Å². The van der Waals surface area contributed by atoms with Gasteiger partial charge < -0.3 is 11.1 Å². The van der Waals surface area contributed by atoms with Gasteiger partial charge >= 0.3 is 0 Å². The van der Waals surface area contributed by atoms with E-state index in [4.69, 9.17) is 17.3 Å². The van der Waals surface area contributed by atoms with Crippen molar-refractivity contribution in [1.29, 1.82) is 0 Å². The van der Waals surface area contributed by atoms with Crippen molar-refractivity contribution in [3.63, 3.8) is 0 Å². The highest BCUT2D eigenvalue weighted by Crippen LogP contribution is 2.26. The maximum atomic E-state index is 13.2. The highest BCUT2D eigenvalue weighted by atomic mass is 79.9. The predicted molar refractivity (Wildman–Crippen MR) is 83.4 cm³/mol. The fourth-order valence-corrected chi connectivity index (χ4v) is 2.42. The van der Waals surface area contributed by atoms with Gasteiger partial charge in [0.2, 0.25) is 0 Å². The molecule has 0 radical (unpaired) electrons. The van der Waals surface area contributed by atoms with E-state index in [0.717, 1.165) is 6.07 Å². The summed E-state index contributed by atoms with van der Waals surface area (Å²) in [6.07, 6.45) is 1.50. The van der Waals surface area contributed by atoms with E-state index in [9.17, 15) is 9.18 Å². The third-order valence-electron chi connectivity index (χ3n) is 2.38. The fourth-order valence-electron chi connectivity index (χ4n) is 1.44. The second-order valence-corrected chi connectivity index (χ2v) is 5.93. The molecule has 0 spiro atoms. The third kappa shape index (κ3) is 3.28. The molecule has 0 saturated heterocycles. The Balaban J connectivity index is 2.33. The second kappa shape index (κ2) is 6.07. The SMILES string of the molecule is Nc1cc(C(=O)Nc2cc(Br)cnc2Cl)c(Br)cc1F. The van der Waals surface area contributed by atoms with Crippen LogP contribution in [0.5, 0.6) is 0 Å². The number of nitrogen functional groups attached to an aromatic ring is 1. The largest absolute Gasteiger partial charge is 0.396 e. The zero-order valence-electron chi connectivity index (χ0n) is 9.75. The standard InChI is InChI=1S/C12H7Br2ClFN3O/c13-5-1-10(11(15)18-4-5)19-12(20)6-2-9(17)8(16)3-7(6)14/h1-4H,17H2,(H,19,20). The highest BCUT2D eigenvalue weighted by Gasteiger charge is 2.15. The summed E-state index contributed by atoms with van der Waals surface area (Å²) in [7, 11) is 0. The van der Waals surface area contributed by atoms with Crippen molar-refractivity contribution in [1.82, 2.24) is 4.98 Å². The molecule has 0 saturated carbocycles. The molecule has 0 fully saturated rings. The Kier molecular flexibility index (Phi) is 4.62. The first-order valence-electron chi connectivity index (χ1n) is 5.25. The molecule has 1 amide bonds. The number of carbonyl (C=O) groups excluding carboxylic acids is 1. The summed E-state index contributed by atoms with van der Waals surface area (Å²) in [5.41, 5.74) is 5.87.